The second-order valence-electron chi connectivity index (χ2n) is 7.90. The van der Waals surface area contributed by atoms with Crippen molar-refractivity contribution in [2.75, 3.05) is 31.1 Å². The van der Waals surface area contributed by atoms with Crippen LogP contribution in [0.15, 0.2) is 11.7 Å². The fourth-order valence-corrected chi connectivity index (χ4v) is 4.79. The number of hydrogen-bond donors (Lipinski definition) is 1. The minimum Gasteiger partial charge on any atom is -0.342 e. The van der Waals surface area contributed by atoms with E-state index in [9.17, 15) is 9.59 Å². The molecule has 2 aromatic rings. The van der Waals surface area contributed by atoms with Gasteiger partial charge in [0.1, 0.15) is 12.2 Å². The average Bonchev–Trinajstić information content (AvgIpc) is 3.38. The second-order valence-corrected chi connectivity index (χ2v) is 8.74. The first-order valence-electron chi connectivity index (χ1n) is 10.2. The van der Waals surface area contributed by atoms with Crippen molar-refractivity contribution in [3.8, 4) is 0 Å². The first-order valence-corrected chi connectivity index (χ1v) is 11.1. The molecule has 2 aliphatic rings. The van der Waals surface area contributed by atoms with Gasteiger partial charge in [-0.25, -0.2) is 9.78 Å². The largest absolute Gasteiger partial charge is 0.342 e. The molecule has 2 fully saturated rings. The summed E-state index contributed by atoms with van der Waals surface area (Å²) in [7, 11) is 0. The number of carbonyl (C=O) groups excluding carboxylic acids is 2. The summed E-state index contributed by atoms with van der Waals surface area (Å²) in [6.45, 7) is 7.01. The third kappa shape index (κ3) is 4.26. The molecule has 2 aromatic heterocycles. The summed E-state index contributed by atoms with van der Waals surface area (Å²) in [5.74, 6) is 1.25. The van der Waals surface area contributed by atoms with E-state index in [2.05, 4.69) is 38.9 Å². The lowest BCUT2D eigenvalue weighted by Gasteiger charge is -2.32. The quantitative estimate of drug-likeness (QED) is 0.804. The number of hydrogen-bond acceptors (Lipinski definition) is 6. The number of rotatable bonds is 5. The molecule has 0 bridgehead atoms. The van der Waals surface area contributed by atoms with Crippen molar-refractivity contribution in [1.82, 2.24) is 30.0 Å². The van der Waals surface area contributed by atoms with E-state index in [4.69, 9.17) is 0 Å². The highest BCUT2D eigenvalue weighted by Gasteiger charge is 2.29. The Bertz CT molecular complexity index is 878. The van der Waals surface area contributed by atoms with Crippen LogP contribution < -0.4 is 10.2 Å². The number of amides is 3. The number of aromatic nitrogens is 4. The third-order valence-electron chi connectivity index (χ3n) is 5.48. The zero-order valence-electron chi connectivity index (χ0n) is 16.9. The summed E-state index contributed by atoms with van der Waals surface area (Å²) in [6.07, 6.45) is 4.90. The van der Waals surface area contributed by atoms with E-state index in [-0.39, 0.29) is 24.3 Å². The predicted molar refractivity (Wildman–Crippen MR) is 110 cm³/mol. The molecule has 29 heavy (non-hydrogen) atoms. The van der Waals surface area contributed by atoms with Gasteiger partial charge in [-0.2, -0.15) is 0 Å². The highest BCUT2D eigenvalue weighted by molar-refractivity contribution is 7.14. The third-order valence-corrected chi connectivity index (χ3v) is 6.39. The Balaban J connectivity index is 1.40. The lowest BCUT2D eigenvalue weighted by Crippen LogP contribution is -2.46. The molecule has 2 saturated heterocycles. The molecule has 1 N–H and O–H groups in total. The van der Waals surface area contributed by atoms with Gasteiger partial charge in [-0.1, -0.05) is 0 Å². The summed E-state index contributed by atoms with van der Waals surface area (Å²) in [4.78, 5) is 33.0. The van der Waals surface area contributed by atoms with Crippen LogP contribution in [0.4, 0.5) is 9.93 Å². The molecular formula is C19H27N7O2S. The zero-order chi connectivity index (χ0) is 20.4. The van der Waals surface area contributed by atoms with Gasteiger partial charge in [0.2, 0.25) is 5.91 Å². The van der Waals surface area contributed by atoms with Crippen LogP contribution in [0.1, 0.15) is 56.6 Å². The minimum atomic E-state index is -0.114. The summed E-state index contributed by atoms with van der Waals surface area (Å²) in [5.41, 5.74) is 0.723. The average molecular weight is 418 g/mol. The van der Waals surface area contributed by atoms with Crippen molar-refractivity contribution in [2.24, 2.45) is 0 Å². The predicted octanol–water partition coefficient (Wildman–Crippen LogP) is 2.18. The van der Waals surface area contributed by atoms with E-state index >= 15 is 0 Å². The van der Waals surface area contributed by atoms with Gasteiger partial charge >= 0.3 is 6.03 Å². The van der Waals surface area contributed by atoms with Crippen molar-refractivity contribution in [3.05, 3.63) is 23.2 Å². The van der Waals surface area contributed by atoms with Gasteiger partial charge in [0.05, 0.1) is 12.1 Å². The van der Waals surface area contributed by atoms with Gasteiger partial charge < -0.3 is 14.8 Å². The molecule has 0 saturated carbocycles. The van der Waals surface area contributed by atoms with E-state index in [1.165, 1.54) is 11.3 Å². The monoisotopic (exact) mass is 417 g/mol. The lowest BCUT2D eigenvalue weighted by molar-refractivity contribution is -0.131. The zero-order valence-corrected chi connectivity index (χ0v) is 17.7. The maximum absolute atomic E-state index is 12.9. The number of thiazole rings is 1. The van der Waals surface area contributed by atoms with E-state index in [0.717, 1.165) is 37.3 Å². The Morgan fingerprint density at radius 2 is 2.21 bits per heavy atom. The van der Waals surface area contributed by atoms with E-state index in [1.54, 1.807) is 11.2 Å². The number of urea groups is 1. The van der Waals surface area contributed by atoms with E-state index in [1.807, 2.05) is 10.3 Å². The number of carbonyl (C=O) groups is 2. The number of nitrogens with one attached hydrogen (secondary N) is 1. The highest BCUT2D eigenvalue weighted by atomic mass is 32.1. The molecule has 10 heteroatoms. The normalized spacial score (nSPS) is 20.2. The van der Waals surface area contributed by atoms with Gasteiger partial charge in [-0.05, 0) is 33.1 Å². The molecule has 4 heterocycles. The number of likely N-dealkylation sites (tertiary alicyclic amines) is 1. The topological polar surface area (TPSA) is 96.3 Å². The Labute approximate surface area is 174 Å². The molecular weight excluding hydrogens is 390 g/mol. The first kappa shape index (κ1) is 19.8. The van der Waals surface area contributed by atoms with E-state index in [0.29, 0.717) is 30.8 Å². The van der Waals surface area contributed by atoms with Crippen molar-refractivity contribution in [3.63, 3.8) is 0 Å². The molecule has 156 valence electrons. The summed E-state index contributed by atoms with van der Waals surface area (Å²) >= 11 is 1.41. The summed E-state index contributed by atoms with van der Waals surface area (Å²) in [6, 6.07) is 0.183. The van der Waals surface area contributed by atoms with E-state index < -0.39 is 0 Å². The standard InChI is InChI=1S/C19H27N7O2S/c1-13(2)26-12-21-23-17(26)14-5-3-7-24(10-14)16(27)9-15-11-29-19(22-15)25-8-4-6-20-18(25)28/h11-14H,3-10H2,1-2H3,(H,20,28). The first-order chi connectivity index (χ1) is 14.0. The molecule has 2 aliphatic heterocycles. The molecule has 9 nitrogen and oxygen atoms in total. The molecule has 3 amide bonds. The smallest absolute Gasteiger partial charge is 0.323 e. The lowest BCUT2D eigenvalue weighted by atomic mass is 9.96. The number of piperidine rings is 1. The van der Waals surface area contributed by atoms with Gasteiger partial charge in [0, 0.05) is 43.5 Å². The second kappa shape index (κ2) is 8.48. The number of anilines is 1. The van der Waals surface area contributed by atoms with Crippen molar-refractivity contribution < 1.29 is 9.59 Å². The Morgan fingerprint density at radius 1 is 1.34 bits per heavy atom. The Morgan fingerprint density at radius 3 is 3.00 bits per heavy atom. The van der Waals surface area contributed by atoms with Gasteiger partial charge in [-0.15, -0.1) is 21.5 Å². The van der Waals surface area contributed by atoms with Crippen molar-refractivity contribution >= 4 is 28.4 Å². The fourth-order valence-electron chi connectivity index (χ4n) is 3.94. The minimum absolute atomic E-state index is 0.0743. The maximum atomic E-state index is 12.9. The van der Waals surface area contributed by atoms with Crippen LogP contribution in [-0.2, 0) is 11.2 Å². The van der Waals surface area contributed by atoms with Crippen LogP contribution in [0.25, 0.3) is 0 Å². The van der Waals surface area contributed by atoms with Crippen LogP contribution in [0.5, 0.6) is 0 Å². The molecule has 0 aliphatic carbocycles. The molecule has 4 rings (SSSR count). The molecule has 1 unspecified atom stereocenters. The summed E-state index contributed by atoms with van der Waals surface area (Å²) in [5, 5.41) is 13.8. The van der Waals surface area contributed by atoms with Gasteiger partial charge in [0.25, 0.3) is 0 Å². The van der Waals surface area contributed by atoms with Gasteiger partial charge in [0.15, 0.2) is 5.13 Å². The van der Waals surface area contributed by atoms with Crippen molar-refractivity contribution in [2.45, 2.75) is 51.5 Å². The highest BCUT2D eigenvalue weighted by Crippen LogP contribution is 2.28. The summed E-state index contributed by atoms with van der Waals surface area (Å²) < 4.78 is 2.09. The van der Waals surface area contributed by atoms with Crippen LogP contribution in [0.3, 0.4) is 0 Å². The molecule has 0 spiro atoms. The van der Waals surface area contributed by atoms with Crippen LogP contribution in [0.2, 0.25) is 0 Å². The van der Waals surface area contributed by atoms with Crippen LogP contribution >= 0.6 is 11.3 Å². The van der Waals surface area contributed by atoms with Gasteiger partial charge in [-0.3, -0.25) is 9.69 Å². The Kier molecular flexibility index (Phi) is 5.79. The number of nitrogens with zero attached hydrogens (tertiary/aromatic N) is 6. The molecule has 0 aromatic carbocycles. The maximum Gasteiger partial charge on any atom is 0.323 e. The SMILES string of the molecule is CC(C)n1cnnc1C1CCCN(C(=O)Cc2csc(N3CCCNC3=O)n2)C1. The molecule has 0 radical (unpaired) electrons. The molecule has 1 atom stereocenters. The Hall–Kier alpha value is -2.49. The van der Waals surface area contributed by atoms with Crippen LogP contribution in [-0.4, -0.2) is 62.8 Å². The van der Waals surface area contributed by atoms with Crippen molar-refractivity contribution in [1.29, 1.82) is 0 Å². The fraction of sp³-hybridized carbons (Fsp3) is 0.632. The van der Waals surface area contributed by atoms with Crippen LogP contribution in [0, 0.1) is 0 Å².